The summed E-state index contributed by atoms with van der Waals surface area (Å²) in [4.78, 5) is 12.0. The largest absolute Gasteiger partial charge is 0.457 e. The molecule has 0 atom stereocenters. The molecule has 129 heavy (non-hydrogen) atoms. The predicted octanol–water partition coefficient (Wildman–Crippen LogP) is 40.0. The van der Waals surface area contributed by atoms with Crippen LogP contribution in [0.4, 0.5) is 26.3 Å². The number of hydrogen-bond donors (Lipinski definition) is 0. The highest BCUT2D eigenvalue weighted by molar-refractivity contribution is 6.84. The highest BCUT2D eigenvalue weighted by Crippen LogP contribution is 2.49. The maximum Gasteiger partial charge on any atom is 0.402 e. The summed E-state index contributed by atoms with van der Waals surface area (Å²) >= 11 is 0. The second kappa shape index (κ2) is 66.5. The molecule has 0 bridgehead atoms. The van der Waals surface area contributed by atoms with Gasteiger partial charge in [0, 0.05) is 5.41 Å². The van der Waals surface area contributed by atoms with Crippen LogP contribution in [0.25, 0.3) is 0 Å². The minimum Gasteiger partial charge on any atom is -0.457 e. The molecule has 0 aliphatic rings. The van der Waals surface area contributed by atoms with Crippen LogP contribution in [0, 0.1) is 68.6 Å². The van der Waals surface area contributed by atoms with E-state index in [4.69, 9.17) is 13.6 Å². The fourth-order valence-electron chi connectivity index (χ4n) is 9.85. The molecule has 8 aromatic rings. The van der Waals surface area contributed by atoms with Crippen LogP contribution in [-0.2, 0) is 31.2 Å². The molecule has 0 spiro atoms. The van der Waals surface area contributed by atoms with Gasteiger partial charge in [0.25, 0.3) is 0 Å². The van der Waals surface area contributed by atoms with Crippen molar-refractivity contribution >= 4 is 16.6 Å². The van der Waals surface area contributed by atoms with E-state index in [0.29, 0.717) is 10.8 Å². The van der Waals surface area contributed by atoms with Crippen molar-refractivity contribution in [3.63, 3.8) is 0 Å². The molecule has 0 N–H and O–H groups in total. The normalized spacial score (nSPS) is 11.4. The van der Waals surface area contributed by atoms with Gasteiger partial charge in [-0.1, -0.05) is 447 Å². The first-order chi connectivity index (χ1) is 58.3. The number of halogens is 6. The van der Waals surface area contributed by atoms with E-state index in [0.717, 1.165) is 58.2 Å². The Bertz CT molecular complexity index is 3570. The summed E-state index contributed by atoms with van der Waals surface area (Å²) in [7, 11) is -2.63. The lowest BCUT2D eigenvalue weighted by Crippen LogP contribution is -2.44. The maximum atomic E-state index is 11.6. The second-order valence-electron chi connectivity index (χ2n) is 44.8. The zero-order valence-electron chi connectivity index (χ0n) is 92.3. The molecular weight excluding hydrogens is 1640 g/mol. The van der Waals surface area contributed by atoms with Crippen molar-refractivity contribution in [2.75, 3.05) is 0 Å². The van der Waals surface area contributed by atoms with Gasteiger partial charge in [-0.15, -0.1) is 0 Å². The summed E-state index contributed by atoms with van der Waals surface area (Å²) in [5, 5.41) is 0. The van der Waals surface area contributed by atoms with Crippen molar-refractivity contribution in [1.29, 1.82) is 0 Å². The van der Waals surface area contributed by atoms with Crippen LogP contribution in [0.2, 0.25) is 38.3 Å². The topological polar surface area (TPSA) is 66.4 Å². The van der Waals surface area contributed by atoms with Crippen LogP contribution < -0.4 is 9.47 Å². The zero-order valence-corrected chi connectivity index (χ0v) is 94.3. The molecule has 0 amide bonds. The third-order valence-electron chi connectivity index (χ3n) is 16.2. The van der Waals surface area contributed by atoms with Crippen LogP contribution in [-0.4, -0.2) is 43.9 Å². The fourth-order valence-corrected chi connectivity index (χ4v) is 19.1. The summed E-state index contributed by atoms with van der Waals surface area (Å²) in [6, 6.07) is 65.5. The molecule has 0 saturated carbocycles. The number of rotatable bonds is 12. The lowest BCUT2D eigenvalue weighted by Gasteiger charge is -2.33. The van der Waals surface area contributed by atoms with Gasteiger partial charge in [0.15, 0.2) is 22.0 Å². The third kappa shape index (κ3) is 79.4. The molecule has 1 aromatic heterocycles. The first-order valence-corrected chi connectivity index (χ1v) is 53.9. The molecule has 740 valence electrons. The van der Waals surface area contributed by atoms with Gasteiger partial charge in [-0.25, -0.2) is 15.0 Å². The Balaban J connectivity index is -0.000000265. The molecule has 1 heterocycles. The number of nitrogens with zero attached hydrogens (tertiary/aromatic N) is 3. The molecule has 0 aliphatic heterocycles. The number of hydrogen-bond acceptors (Lipinski definition) is 6. The van der Waals surface area contributed by atoms with Crippen molar-refractivity contribution in [2.24, 2.45) is 34.0 Å². The van der Waals surface area contributed by atoms with Crippen molar-refractivity contribution in [3.8, 4) is 23.0 Å². The molecule has 0 saturated heterocycles. The monoisotopic (exact) mass is 1840 g/mol. The van der Waals surface area contributed by atoms with Crippen LogP contribution in [0.15, 0.2) is 182 Å². The van der Waals surface area contributed by atoms with E-state index in [2.05, 4.69) is 422 Å². The number of aromatic nitrogens is 3. The molecule has 0 fully saturated rings. The molecule has 14 heteroatoms. The number of ether oxygens (including phenoxy) is 2. The minimum absolute atomic E-state index is 0.104. The molecular formula is C115H197F6N3O3Si2. The predicted molar refractivity (Wildman–Crippen MR) is 568 cm³/mol. The second-order valence-corrected chi connectivity index (χ2v) is 53.7. The van der Waals surface area contributed by atoms with Gasteiger partial charge in [0.2, 0.25) is 0 Å². The molecule has 7 aromatic carbocycles. The Morgan fingerprint density at radius 3 is 0.550 bits per heavy atom. The van der Waals surface area contributed by atoms with Crippen LogP contribution in [0.3, 0.4) is 0 Å². The van der Waals surface area contributed by atoms with E-state index < -0.39 is 34.4 Å². The van der Waals surface area contributed by atoms with Crippen LogP contribution in [0.5, 0.6) is 23.0 Å². The van der Waals surface area contributed by atoms with Gasteiger partial charge in [0.1, 0.15) is 40.5 Å². The Morgan fingerprint density at radius 2 is 0.419 bits per heavy atom. The molecule has 0 radical (unpaired) electrons. The fraction of sp³-hybridized carbons (Fsp3) is 0.609. The van der Waals surface area contributed by atoms with Crippen molar-refractivity contribution in [1.82, 2.24) is 15.0 Å². The van der Waals surface area contributed by atoms with Crippen molar-refractivity contribution < 1.29 is 39.9 Å². The lowest BCUT2D eigenvalue weighted by atomic mass is 9.78. The summed E-state index contributed by atoms with van der Waals surface area (Å²) in [6.07, 6.45) is -4.19. The average Bonchev–Trinajstić information content (AvgIpc) is 0.800. The van der Waals surface area contributed by atoms with Gasteiger partial charge in [-0.2, -0.15) is 26.3 Å². The average molecular weight is 1840 g/mol. The van der Waals surface area contributed by atoms with E-state index in [1.807, 2.05) is 106 Å². The van der Waals surface area contributed by atoms with Crippen LogP contribution >= 0.6 is 0 Å². The Labute approximate surface area is 795 Å². The van der Waals surface area contributed by atoms with Gasteiger partial charge in [-0.05, 0) is 219 Å². The highest BCUT2D eigenvalue weighted by atomic mass is 28.4. The highest BCUT2D eigenvalue weighted by Gasteiger charge is 2.64. The standard InChI is InChI=1S/C29H28O2.2C14H22.C10H26OSi2.C6H9N3.C6H6.C5H6F6.2C5H12.3C4H10.3C3H8/c1-21-5-13-25(14-6-21)30-27-17-9-23(10-18-27)29(3,4)24-11-19-28(20-12-24)31-26-15-7-22(2)8-16-26;2*1-13(2,3)11-7-9-12(10-8-11)14(4,5)6;1-7-9-12(3,4)11-13(5,6)10-8-2;1-4-7-5(2)9-6(3)8-4;1-2-4-6-5-3-1;1-3(2,4(6,7)8)5(9,10)11;2*1-5(2,3)4;3*1-4(2)3;3*1-3-2/h5-20H,1-4H3;2*7-10H,1-6H3;7-10H2,1-6H3;1-3H3;1-6H;1-2H3;2*1-4H3;3*4H,1-3H3;3*3H2,1-2H3. The Morgan fingerprint density at radius 1 is 0.271 bits per heavy atom. The van der Waals surface area contributed by atoms with Gasteiger partial charge >= 0.3 is 12.4 Å². The quantitative estimate of drug-likeness (QED) is 0.0897. The van der Waals surface area contributed by atoms with E-state index in [9.17, 15) is 26.3 Å². The molecule has 6 nitrogen and oxygen atoms in total. The third-order valence-corrected chi connectivity index (χ3v) is 24.0. The van der Waals surface area contributed by atoms with E-state index in [1.165, 1.54) is 88.7 Å². The first kappa shape index (κ1) is 135. The molecule has 8 rings (SSSR count). The first-order valence-electron chi connectivity index (χ1n) is 47.7. The van der Waals surface area contributed by atoms with Gasteiger partial charge in [0.05, 0.1) is 0 Å². The van der Waals surface area contributed by atoms with Gasteiger partial charge in [-0.3, -0.25) is 0 Å². The number of aryl methyl sites for hydroxylation is 5. The number of alkyl halides is 6. The summed E-state index contributed by atoms with van der Waals surface area (Å²) in [5.74, 6) is 8.25. The number of benzene rings is 7. The van der Waals surface area contributed by atoms with Crippen molar-refractivity contribution in [2.45, 2.75) is 428 Å². The lowest BCUT2D eigenvalue weighted by molar-refractivity contribution is -0.327. The van der Waals surface area contributed by atoms with E-state index >= 15 is 0 Å². The van der Waals surface area contributed by atoms with Crippen LogP contribution in [0.1, 0.15) is 378 Å². The zero-order chi connectivity index (χ0) is 103. The van der Waals surface area contributed by atoms with E-state index in [1.54, 1.807) is 0 Å². The smallest absolute Gasteiger partial charge is 0.402 e. The molecule has 0 aliphatic carbocycles. The minimum atomic E-state index is -5.24. The molecule has 0 unspecified atom stereocenters. The maximum absolute atomic E-state index is 11.6. The Hall–Kier alpha value is -6.88. The summed E-state index contributed by atoms with van der Waals surface area (Å²) in [5.41, 5.74) is 8.82. The van der Waals surface area contributed by atoms with E-state index in [-0.39, 0.29) is 40.9 Å². The van der Waals surface area contributed by atoms with Gasteiger partial charge < -0.3 is 13.6 Å². The SMILES string of the molecule is CC(C)(C(F)(F)F)C(F)(F)F.CC(C)(C)C.CC(C)(C)C.CC(C)(C)c1ccc(C(C)(C)C)cc1.CC(C)(C)c1ccc(C(C)(C)C)cc1.CC(C)C.CC(C)C.CC(C)C.CCC.CCC.CCC.CCC[Si](C)(C)O[Si](C)(C)CCC.Cc1ccc(Oc2ccc(C(C)(C)c3ccc(Oc4ccc(C)cc4)cc3)cc2)cc1.Cc1nc(C)nc(C)n1.c1ccccc1. The summed E-state index contributed by atoms with van der Waals surface area (Å²) in [6.45, 7) is 105. The van der Waals surface area contributed by atoms with Crippen molar-refractivity contribution in [3.05, 3.63) is 244 Å². The summed E-state index contributed by atoms with van der Waals surface area (Å²) < 4.78 is 88.0. The Kier molecular flexibility index (Phi) is 69.7.